The first-order chi connectivity index (χ1) is 14.6. The molecular formula is C24H21BrN2O2S. The molecule has 0 radical (unpaired) electrons. The van der Waals surface area contributed by atoms with E-state index in [9.17, 15) is 9.59 Å². The number of thioether (sulfide) groups is 1. The van der Waals surface area contributed by atoms with Crippen LogP contribution in [-0.4, -0.2) is 17.6 Å². The van der Waals surface area contributed by atoms with E-state index in [4.69, 9.17) is 0 Å². The maximum absolute atomic E-state index is 12.7. The Kier molecular flexibility index (Phi) is 6.25. The molecule has 1 aliphatic rings. The van der Waals surface area contributed by atoms with Crippen LogP contribution in [0.1, 0.15) is 33.8 Å². The van der Waals surface area contributed by atoms with E-state index in [-0.39, 0.29) is 17.2 Å². The molecule has 3 aromatic carbocycles. The molecule has 1 heterocycles. The Morgan fingerprint density at radius 3 is 2.60 bits per heavy atom. The summed E-state index contributed by atoms with van der Waals surface area (Å²) in [6, 6.07) is 23.1. The molecule has 1 N–H and O–H groups in total. The number of rotatable bonds is 5. The highest BCUT2D eigenvalue weighted by atomic mass is 79.9. The highest BCUT2D eigenvalue weighted by Gasteiger charge is 2.34. The molecule has 1 aliphatic heterocycles. The molecule has 1 saturated heterocycles. The quantitative estimate of drug-likeness (QED) is 0.483. The second-order valence-corrected chi connectivity index (χ2v) is 8.98. The maximum atomic E-state index is 12.7. The van der Waals surface area contributed by atoms with Crippen molar-refractivity contribution in [2.45, 2.75) is 18.7 Å². The molecule has 152 valence electrons. The van der Waals surface area contributed by atoms with Crippen molar-refractivity contribution in [1.29, 1.82) is 0 Å². The standard InChI is InChI=1S/C24H21BrN2O2S/c1-2-16-6-3-4-9-21(16)27-22(28)15-30-24(27)17-10-12-20(13-11-17)26-23(29)18-7-5-8-19(25)14-18/h3-14,24H,2,15H2,1H3,(H,26,29). The van der Waals surface area contributed by atoms with Gasteiger partial charge in [0.15, 0.2) is 0 Å². The van der Waals surface area contributed by atoms with Crippen LogP contribution in [0.3, 0.4) is 0 Å². The van der Waals surface area contributed by atoms with E-state index in [1.54, 1.807) is 23.9 Å². The lowest BCUT2D eigenvalue weighted by molar-refractivity contribution is -0.115. The van der Waals surface area contributed by atoms with Crippen LogP contribution in [0.25, 0.3) is 0 Å². The number of hydrogen-bond acceptors (Lipinski definition) is 3. The van der Waals surface area contributed by atoms with Gasteiger partial charge in [0.2, 0.25) is 5.91 Å². The second-order valence-electron chi connectivity index (χ2n) is 7.00. The number of aryl methyl sites for hydroxylation is 1. The number of benzene rings is 3. The molecular weight excluding hydrogens is 460 g/mol. The van der Waals surface area contributed by atoms with E-state index in [1.807, 2.05) is 59.5 Å². The molecule has 4 nitrogen and oxygen atoms in total. The van der Waals surface area contributed by atoms with Gasteiger partial charge in [-0.3, -0.25) is 14.5 Å². The Balaban J connectivity index is 1.54. The third-order valence-electron chi connectivity index (χ3n) is 5.04. The molecule has 0 aliphatic carbocycles. The van der Waals surface area contributed by atoms with Gasteiger partial charge in [-0.05, 0) is 53.9 Å². The molecule has 0 aromatic heterocycles. The number of para-hydroxylation sites is 1. The molecule has 1 atom stereocenters. The number of nitrogens with zero attached hydrogens (tertiary/aromatic N) is 1. The Bertz CT molecular complexity index is 1080. The zero-order valence-corrected chi connectivity index (χ0v) is 18.9. The first-order valence-corrected chi connectivity index (χ1v) is 11.6. The van der Waals surface area contributed by atoms with Crippen molar-refractivity contribution >= 4 is 50.9 Å². The second kappa shape index (κ2) is 9.06. The van der Waals surface area contributed by atoms with E-state index >= 15 is 0 Å². The predicted octanol–water partition coefficient (Wildman–Crippen LogP) is 6.04. The lowest BCUT2D eigenvalue weighted by Gasteiger charge is -2.26. The molecule has 1 unspecified atom stereocenters. The smallest absolute Gasteiger partial charge is 0.255 e. The van der Waals surface area contributed by atoms with Gasteiger partial charge < -0.3 is 5.32 Å². The van der Waals surface area contributed by atoms with Gasteiger partial charge in [-0.1, -0.05) is 59.3 Å². The summed E-state index contributed by atoms with van der Waals surface area (Å²) in [4.78, 5) is 27.0. The molecule has 3 aromatic rings. The average molecular weight is 481 g/mol. The van der Waals surface area contributed by atoms with Gasteiger partial charge >= 0.3 is 0 Å². The zero-order valence-electron chi connectivity index (χ0n) is 16.5. The minimum atomic E-state index is -0.159. The lowest BCUT2D eigenvalue weighted by atomic mass is 10.1. The summed E-state index contributed by atoms with van der Waals surface area (Å²) in [5.41, 5.74) is 4.49. The van der Waals surface area contributed by atoms with Crippen molar-refractivity contribution in [3.05, 3.63) is 94.0 Å². The molecule has 0 spiro atoms. The van der Waals surface area contributed by atoms with Gasteiger partial charge in [-0.2, -0.15) is 0 Å². The van der Waals surface area contributed by atoms with Crippen LogP contribution in [0.4, 0.5) is 11.4 Å². The summed E-state index contributed by atoms with van der Waals surface area (Å²) in [6.45, 7) is 2.10. The monoisotopic (exact) mass is 480 g/mol. The molecule has 2 amide bonds. The fourth-order valence-corrected chi connectivity index (χ4v) is 5.11. The van der Waals surface area contributed by atoms with Crippen molar-refractivity contribution in [3.63, 3.8) is 0 Å². The first kappa shape index (κ1) is 20.7. The fraction of sp³-hybridized carbons (Fsp3) is 0.167. The van der Waals surface area contributed by atoms with Gasteiger partial charge in [-0.15, -0.1) is 11.8 Å². The minimum absolute atomic E-state index is 0.0694. The number of nitrogens with one attached hydrogen (secondary N) is 1. The van der Waals surface area contributed by atoms with Crippen molar-refractivity contribution in [2.75, 3.05) is 16.0 Å². The van der Waals surface area contributed by atoms with Crippen LogP contribution < -0.4 is 10.2 Å². The predicted molar refractivity (Wildman–Crippen MR) is 127 cm³/mol. The Morgan fingerprint density at radius 2 is 1.87 bits per heavy atom. The van der Waals surface area contributed by atoms with Gasteiger partial charge in [0.1, 0.15) is 5.37 Å². The molecule has 6 heteroatoms. The van der Waals surface area contributed by atoms with Crippen LogP contribution in [0.15, 0.2) is 77.3 Å². The molecule has 0 bridgehead atoms. The lowest BCUT2D eigenvalue weighted by Crippen LogP contribution is -2.28. The zero-order chi connectivity index (χ0) is 21.1. The Hall–Kier alpha value is -2.57. The van der Waals surface area contributed by atoms with E-state index in [1.165, 1.54) is 0 Å². The van der Waals surface area contributed by atoms with Crippen LogP contribution in [-0.2, 0) is 11.2 Å². The number of anilines is 2. The number of carbonyl (C=O) groups excluding carboxylic acids is 2. The SMILES string of the molecule is CCc1ccccc1N1C(=O)CSC1c1ccc(NC(=O)c2cccc(Br)c2)cc1. The normalized spacial score (nSPS) is 16.0. The topological polar surface area (TPSA) is 49.4 Å². The van der Waals surface area contributed by atoms with Crippen molar-refractivity contribution < 1.29 is 9.59 Å². The van der Waals surface area contributed by atoms with Crippen LogP contribution in [0.2, 0.25) is 0 Å². The minimum Gasteiger partial charge on any atom is -0.322 e. The summed E-state index contributed by atoms with van der Waals surface area (Å²) < 4.78 is 0.862. The number of hydrogen-bond donors (Lipinski definition) is 1. The summed E-state index contributed by atoms with van der Waals surface area (Å²) in [7, 11) is 0. The average Bonchev–Trinajstić information content (AvgIpc) is 3.15. The number of halogens is 1. The maximum Gasteiger partial charge on any atom is 0.255 e. The van der Waals surface area contributed by atoms with E-state index < -0.39 is 0 Å². The summed E-state index contributed by atoms with van der Waals surface area (Å²) in [5, 5.41) is 2.86. The summed E-state index contributed by atoms with van der Waals surface area (Å²) in [6.07, 6.45) is 0.873. The van der Waals surface area contributed by atoms with E-state index in [0.29, 0.717) is 11.3 Å². The highest BCUT2D eigenvalue weighted by molar-refractivity contribution is 9.10. The molecule has 30 heavy (non-hydrogen) atoms. The van der Waals surface area contributed by atoms with Crippen LogP contribution in [0.5, 0.6) is 0 Å². The van der Waals surface area contributed by atoms with Gasteiger partial charge in [0.05, 0.1) is 5.75 Å². The van der Waals surface area contributed by atoms with Crippen LogP contribution in [0, 0.1) is 0 Å². The molecule has 4 rings (SSSR count). The largest absolute Gasteiger partial charge is 0.322 e. The highest BCUT2D eigenvalue weighted by Crippen LogP contribution is 2.43. The van der Waals surface area contributed by atoms with Gasteiger partial charge in [0, 0.05) is 21.4 Å². The van der Waals surface area contributed by atoms with Crippen LogP contribution >= 0.6 is 27.7 Å². The molecule has 1 fully saturated rings. The Morgan fingerprint density at radius 1 is 1.10 bits per heavy atom. The number of carbonyl (C=O) groups is 2. The van der Waals surface area contributed by atoms with Crippen molar-refractivity contribution in [2.24, 2.45) is 0 Å². The van der Waals surface area contributed by atoms with E-state index in [2.05, 4.69) is 34.2 Å². The third-order valence-corrected chi connectivity index (χ3v) is 6.75. The molecule has 0 saturated carbocycles. The van der Waals surface area contributed by atoms with E-state index in [0.717, 1.165) is 33.4 Å². The summed E-state index contributed by atoms with van der Waals surface area (Å²) in [5.74, 6) is 0.426. The number of amides is 2. The van der Waals surface area contributed by atoms with Gasteiger partial charge in [-0.25, -0.2) is 0 Å². The summed E-state index contributed by atoms with van der Waals surface area (Å²) >= 11 is 5.02. The van der Waals surface area contributed by atoms with Crippen molar-refractivity contribution in [3.8, 4) is 0 Å². The third kappa shape index (κ3) is 4.30. The first-order valence-electron chi connectivity index (χ1n) is 9.75. The Labute approximate surface area is 188 Å². The fourth-order valence-electron chi connectivity index (χ4n) is 3.54. The van der Waals surface area contributed by atoms with Crippen molar-refractivity contribution in [1.82, 2.24) is 0 Å². The van der Waals surface area contributed by atoms with Gasteiger partial charge in [0.25, 0.3) is 5.91 Å².